The molecule has 0 saturated heterocycles. The largest absolute Gasteiger partial charge is 0.418 e. The molecule has 0 radical (unpaired) electrons. The van der Waals surface area contributed by atoms with Crippen molar-refractivity contribution in [2.75, 3.05) is 19.8 Å². The lowest BCUT2D eigenvalue weighted by atomic mass is 10.2. The van der Waals surface area contributed by atoms with Gasteiger partial charge in [0, 0.05) is 6.54 Å². The average Bonchev–Trinajstić information content (AvgIpc) is 2.37. The van der Waals surface area contributed by atoms with E-state index in [2.05, 4.69) is 10.6 Å². The molecular weight excluding hydrogens is 251 g/mol. The van der Waals surface area contributed by atoms with Crippen molar-refractivity contribution in [3.05, 3.63) is 35.9 Å². The van der Waals surface area contributed by atoms with E-state index in [9.17, 15) is 4.57 Å². The zero-order chi connectivity index (χ0) is 13.3. The maximum absolute atomic E-state index is 12.0. The van der Waals surface area contributed by atoms with Crippen molar-refractivity contribution in [2.24, 2.45) is 0 Å². The summed E-state index contributed by atoms with van der Waals surface area (Å²) in [6.07, 6.45) is 0.839. The molecule has 0 heterocycles. The molecule has 5 nitrogen and oxygen atoms in total. The normalized spacial score (nSPS) is 11.7. The number of benzene rings is 1. The Morgan fingerprint density at radius 1 is 1.11 bits per heavy atom. The van der Waals surface area contributed by atoms with Crippen LogP contribution in [0.4, 0.5) is 0 Å². The van der Waals surface area contributed by atoms with Crippen molar-refractivity contribution in [3.63, 3.8) is 0 Å². The lowest BCUT2D eigenvalue weighted by Crippen LogP contribution is -2.32. The molecule has 2 N–H and O–H groups in total. The van der Waals surface area contributed by atoms with Crippen LogP contribution in [0.2, 0.25) is 0 Å². The maximum atomic E-state index is 12.0. The van der Waals surface area contributed by atoms with Crippen LogP contribution in [0.5, 0.6) is 0 Å². The Balaban J connectivity index is 2.29. The maximum Gasteiger partial charge on any atom is 0.418 e. The number of hydrazine groups is 1. The van der Waals surface area contributed by atoms with Crippen LogP contribution in [-0.4, -0.2) is 19.8 Å². The quantitative estimate of drug-likeness (QED) is 0.411. The van der Waals surface area contributed by atoms with Crippen LogP contribution < -0.4 is 10.6 Å². The minimum absolute atomic E-state index is 0.338. The Labute approximate surface area is 108 Å². The van der Waals surface area contributed by atoms with Crippen LogP contribution in [0.15, 0.2) is 30.3 Å². The number of hydrogen-bond donors (Lipinski definition) is 2. The highest BCUT2D eigenvalue weighted by Crippen LogP contribution is 2.42. The molecule has 6 heteroatoms. The molecule has 0 bridgehead atoms. The molecule has 0 spiro atoms. The van der Waals surface area contributed by atoms with E-state index in [1.165, 1.54) is 5.56 Å². The van der Waals surface area contributed by atoms with Gasteiger partial charge in [0.15, 0.2) is 0 Å². The second-order valence-corrected chi connectivity index (χ2v) is 5.34. The number of nitrogens with one attached hydrogen (secondary N) is 2. The fourth-order valence-corrected chi connectivity index (χ4v) is 2.63. The first-order valence-corrected chi connectivity index (χ1v) is 7.67. The van der Waals surface area contributed by atoms with Gasteiger partial charge in [0.1, 0.15) is 0 Å². The molecule has 0 atom stereocenters. The van der Waals surface area contributed by atoms with Gasteiger partial charge in [-0.05, 0) is 25.8 Å². The predicted octanol–water partition coefficient (Wildman–Crippen LogP) is 2.50. The summed E-state index contributed by atoms with van der Waals surface area (Å²) in [7, 11) is -3.20. The third-order valence-electron chi connectivity index (χ3n) is 2.20. The Hall–Kier alpha value is -0.710. The number of hydrogen-bond acceptors (Lipinski definition) is 4. The van der Waals surface area contributed by atoms with Gasteiger partial charge in [-0.2, -0.15) is 5.20 Å². The van der Waals surface area contributed by atoms with E-state index in [0.29, 0.717) is 19.8 Å². The molecule has 0 saturated carbocycles. The van der Waals surface area contributed by atoms with Gasteiger partial charge in [-0.25, -0.2) is 9.99 Å². The van der Waals surface area contributed by atoms with Crippen molar-refractivity contribution in [2.45, 2.75) is 20.3 Å². The van der Waals surface area contributed by atoms with Gasteiger partial charge < -0.3 is 0 Å². The molecule has 0 aliphatic carbocycles. The van der Waals surface area contributed by atoms with Crippen molar-refractivity contribution >= 4 is 7.75 Å². The zero-order valence-corrected chi connectivity index (χ0v) is 11.8. The van der Waals surface area contributed by atoms with E-state index in [0.717, 1.165) is 6.42 Å². The molecular formula is C12H21N2O3P. The van der Waals surface area contributed by atoms with E-state index in [1.807, 2.05) is 30.3 Å². The molecule has 0 aliphatic heterocycles. The smallest absolute Gasteiger partial charge is 0.296 e. The summed E-state index contributed by atoms with van der Waals surface area (Å²) < 4.78 is 22.2. The Morgan fingerprint density at radius 2 is 1.72 bits per heavy atom. The summed E-state index contributed by atoms with van der Waals surface area (Å²) in [5.74, 6) is 0. The standard InChI is InChI=1S/C12H21N2O3P/c1-3-16-18(15,17-4-2)14-13-11-10-12-8-6-5-7-9-12/h5-9,13H,3-4,10-11H2,1-2H3,(H,14,15). The molecule has 0 aromatic heterocycles. The molecule has 102 valence electrons. The summed E-state index contributed by atoms with van der Waals surface area (Å²) in [6.45, 7) is 4.87. The number of rotatable bonds is 9. The lowest BCUT2D eigenvalue weighted by Gasteiger charge is -2.18. The van der Waals surface area contributed by atoms with Crippen LogP contribution in [0, 0.1) is 0 Å². The lowest BCUT2D eigenvalue weighted by molar-refractivity contribution is 0.206. The average molecular weight is 272 g/mol. The molecule has 1 aromatic carbocycles. The predicted molar refractivity (Wildman–Crippen MR) is 72.1 cm³/mol. The van der Waals surface area contributed by atoms with Crippen LogP contribution in [-0.2, 0) is 20.0 Å². The monoisotopic (exact) mass is 272 g/mol. The van der Waals surface area contributed by atoms with Crippen molar-refractivity contribution in [3.8, 4) is 0 Å². The summed E-state index contributed by atoms with van der Waals surface area (Å²) in [6, 6.07) is 10.1. The minimum atomic E-state index is -3.20. The fraction of sp³-hybridized carbons (Fsp3) is 0.500. The van der Waals surface area contributed by atoms with E-state index in [-0.39, 0.29) is 0 Å². The first-order valence-electron chi connectivity index (χ1n) is 6.13. The van der Waals surface area contributed by atoms with E-state index in [1.54, 1.807) is 13.8 Å². The molecule has 0 aliphatic rings. The van der Waals surface area contributed by atoms with Crippen molar-refractivity contribution in [1.29, 1.82) is 0 Å². The zero-order valence-electron chi connectivity index (χ0n) is 10.9. The van der Waals surface area contributed by atoms with E-state index in [4.69, 9.17) is 9.05 Å². The topological polar surface area (TPSA) is 59.6 Å². The van der Waals surface area contributed by atoms with Crippen LogP contribution in [0.1, 0.15) is 19.4 Å². The van der Waals surface area contributed by atoms with E-state index >= 15 is 0 Å². The van der Waals surface area contributed by atoms with Gasteiger partial charge in [-0.15, -0.1) is 0 Å². The minimum Gasteiger partial charge on any atom is -0.296 e. The highest BCUT2D eigenvalue weighted by Gasteiger charge is 2.22. The molecule has 18 heavy (non-hydrogen) atoms. The highest BCUT2D eigenvalue weighted by molar-refractivity contribution is 7.51. The van der Waals surface area contributed by atoms with Gasteiger partial charge in [-0.3, -0.25) is 9.05 Å². The Kier molecular flexibility index (Phi) is 7.16. The Bertz CT molecular complexity index is 363. The van der Waals surface area contributed by atoms with Crippen LogP contribution >= 0.6 is 7.75 Å². The van der Waals surface area contributed by atoms with Crippen LogP contribution in [0.3, 0.4) is 0 Å². The van der Waals surface area contributed by atoms with Crippen LogP contribution in [0.25, 0.3) is 0 Å². The van der Waals surface area contributed by atoms with Gasteiger partial charge in [-0.1, -0.05) is 30.3 Å². The molecule has 0 fully saturated rings. The van der Waals surface area contributed by atoms with Gasteiger partial charge >= 0.3 is 7.75 Å². The fourth-order valence-electron chi connectivity index (χ4n) is 1.45. The van der Waals surface area contributed by atoms with Gasteiger partial charge in [0.25, 0.3) is 0 Å². The SMILES string of the molecule is CCOP(=O)(NNCCc1ccccc1)OCC. The summed E-state index contributed by atoms with van der Waals surface area (Å²) in [5, 5.41) is 2.63. The highest BCUT2D eigenvalue weighted by atomic mass is 31.2. The van der Waals surface area contributed by atoms with E-state index < -0.39 is 7.75 Å². The van der Waals surface area contributed by atoms with Crippen molar-refractivity contribution < 1.29 is 13.6 Å². The van der Waals surface area contributed by atoms with Crippen molar-refractivity contribution in [1.82, 2.24) is 10.6 Å². The second kappa shape index (κ2) is 8.40. The third kappa shape index (κ3) is 5.76. The Morgan fingerprint density at radius 3 is 2.28 bits per heavy atom. The summed E-state index contributed by atoms with van der Waals surface area (Å²) in [4.78, 5) is 0. The summed E-state index contributed by atoms with van der Waals surface area (Å²) >= 11 is 0. The summed E-state index contributed by atoms with van der Waals surface area (Å²) in [5.41, 5.74) is 4.10. The molecule has 0 amide bonds. The first kappa shape index (κ1) is 15.3. The first-order chi connectivity index (χ1) is 8.70. The molecule has 0 unspecified atom stereocenters. The molecule has 1 aromatic rings. The molecule has 1 rings (SSSR count). The third-order valence-corrected chi connectivity index (χ3v) is 3.82. The van der Waals surface area contributed by atoms with Gasteiger partial charge in [0.05, 0.1) is 13.2 Å². The van der Waals surface area contributed by atoms with Gasteiger partial charge in [0.2, 0.25) is 0 Å². The second-order valence-electron chi connectivity index (χ2n) is 3.61.